The van der Waals surface area contributed by atoms with Crippen LogP contribution in [0.5, 0.6) is 5.75 Å². The molecule has 0 amide bonds. The Bertz CT molecular complexity index is 1280. The highest BCUT2D eigenvalue weighted by atomic mass is 35.5. The molecule has 0 spiro atoms. The molecule has 0 N–H and O–H groups in total. The summed E-state index contributed by atoms with van der Waals surface area (Å²) in [5.74, 6) is 1.84. The van der Waals surface area contributed by atoms with Gasteiger partial charge in [-0.25, -0.2) is 4.98 Å². The first-order chi connectivity index (χ1) is 15.0. The van der Waals surface area contributed by atoms with Crippen LogP contribution in [-0.4, -0.2) is 23.2 Å². The first-order valence-electron chi connectivity index (χ1n) is 10.7. The van der Waals surface area contributed by atoms with E-state index >= 15 is 0 Å². The van der Waals surface area contributed by atoms with Gasteiger partial charge in [-0.3, -0.25) is 0 Å². The van der Waals surface area contributed by atoms with Crippen molar-refractivity contribution < 1.29 is 4.74 Å². The summed E-state index contributed by atoms with van der Waals surface area (Å²) in [5, 5.41) is 1.72. The molecule has 5 heteroatoms. The predicted molar refractivity (Wildman–Crippen MR) is 128 cm³/mol. The Hall–Kier alpha value is -2.98. The van der Waals surface area contributed by atoms with Crippen molar-refractivity contribution in [3.05, 3.63) is 87.7 Å². The van der Waals surface area contributed by atoms with Crippen molar-refractivity contribution in [2.24, 2.45) is 0 Å². The number of rotatable bonds is 4. The molecular formula is C26H26ClN3O. The number of fused-ring (bicyclic) bond motifs is 2. The molecule has 0 fully saturated rings. The van der Waals surface area contributed by atoms with Gasteiger partial charge in [0.15, 0.2) is 5.82 Å². The maximum Gasteiger partial charge on any atom is 0.155 e. The van der Waals surface area contributed by atoms with Gasteiger partial charge in [-0.05, 0) is 60.7 Å². The van der Waals surface area contributed by atoms with Gasteiger partial charge in [0.2, 0.25) is 0 Å². The van der Waals surface area contributed by atoms with Crippen molar-refractivity contribution in [3.8, 4) is 5.75 Å². The molecule has 0 unspecified atom stereocenters. The molecule has 0 atom stereocenters. The molecule has 3 heterocycles. The molecule has 4 nitrogen and oxygen atoms in total. The molecule has 31 heavy (non-hydrogen) atoms. The molecule has 0 radical (unpaired) electrons. The largest absolute Gasteiger partial charge is 0.497 e. The second-order valence-corrected chi connectivity index (χ2v) is 8.64. The van der Waals surface area contributed by atoms with Gasteiger partial charge < -0.3 is 14.2 Å². The topological polar surface area (TPSA) is 30.3 Å². The van der Waals surface area contributed by atoms with E-state index in [-0.39, 0.29) is 0 Å². The summed E-state index contributed by atoms with van der Waals surface area (Å²) >= 11 is 6.51. The summed E-state index contributed by atoms with van der Waals surface area (Å²) in [4.78, 5) is 7.21. The van der Waals surface area contributed by atoms with Crippen LogP contribution in [0.25, 0.3) is 10.9 Å². The molecule has 0 aliphatic carbocycles. The van der Waals surface area contributed by atoms with Gasteiger partial charge in [-0.1, -0.05) is 48.0 Å². The normalized spacial score (nSPS) is 13.5. The van der Waals surface area contributed by atoms with E-state index < -0.39 is 0 Å². The number of methoxy groups -OCH3 is 1. The van der Waals surface area contributed by atoms with Crippen LogP contribution < -0.4 is 9.64 Å². The van der Waals surface area contributed by atoms with E-state index in [1.807, 2.05) is 18.2 Å². The van der Waals surface area contributed by atoms with E-state index in [1.165, 1.54) is 33.3 Å². The van der Waals surface area contributed by atoms with Gasteiger partial charge in [0.1, 0.15) is 10.9 Å². The fraction of sp³-hybridized carbons (Fsp3) is 0.269. The molecule has 0 saturated carbocycles. The second kappa shape index (κ2) is 7.93. The number of anilines is 1. The Kier molecular flexibility index (Phi) is 5.11. The SMILES string of the molecule is COc1cccc(Cn2c(C)c(C)c3cc(Cl)nc(N4CCc5ccccc5C4)c32)c1. The zero-order valence-corrected chi connectivity index (χ0v) is 18.9. The Morgan fingerprint density at radius 3 is 2.65 bits per heavy atom. The maximum atomic E-state index is 6.51. The third-order valence-electron chi connectivity index (χ3n) is 6.47. The first kappa shape index (κ1) is 20.0. The molecule has 4 aromatic rings. The third-order valence-corrected chi connectivity index (χ3v) is 6.66. The third kappa shape index (κ3) is 3.55. The number of hydrogen-bond donors (Lipinski definition) is 0. The van der Waals surface area contributed by atoms with E-state index in [0.717, 1.165) is 43.1 Å². The van der Waals surface area contributed by atoms with Gasteiger partial charge in [0, 0.05) is 30.7 Å². The number of ether oxygens (including phenoxy) is 1. The molecule has 0 bridgehead atoms. The average molecular weight is 432 g/mol. The van der Waals surface area contributed by atoms with Crippen LogP contribution in [0, 0.1) is 13.8 Å². The Morgan fingerprint density at radius 2 is 1.84 bits per heavy atom. The molecule has 1 aliphatic heterocycles. The number of pyridine rings is 1. The zero-order valence-electron chi connectivity index (χ0n) is 18.2. The summed E-state index contributed by atoms with van der Waals surface area (Å²) in [6.07, 6.45) is 1.01. The lowest BCUT2D eigenvalue weighted by molar-refractivity contribution is 0.414. The lowest BCUT2D eigenvalue weighted by atomic mass is 10.00. The van der Waals surface area contributed by atoms with Gasteiger partial charge in [-0.15, -0.1) is 0 Å². The highest BCUT2D eigenvalue weighted by Crippen LogP contribution is 2.36. The molecule has 0 saturated heterocycles. The number of nitrogens with zero attached hydrogens (tertiary/aromatic N) is 3. The number of aryl methyl sites for hydroxylation is 1. The van der Waals surface area contributed by atoms with E-state index in [9.17, 15) is 0 Å². The lowest BCUT2D eigenvalue weighted by Gasteiger charge is -2.30. The van der Waals surface area contributed by atoms with Crippen molar-refractivity contribution in [2.45, 2.75) is 33.4 Å². The minimum Gasteiger partial charge on any atom is -0.497 e. The van der Waals surface area contributed by atoms with Crippen LogP contribution in [0.15, 0.2) is 54.6 Å². The minimum absolute atomic E-state index is 0.544. The summed E-state index contributed by atoms with van der Waals surface area (Å²) in [6.45, 7) is 6.89. The van der Waals surface area contributed by atoms with Crippen molar-refractivity contribution in [3.63, 3.8) is 0 Å². The van der Waals surface area contributed by atoms with Gasteiger partial charge >= 0.3 is 0 Å². The van der Waals surface area contributed by atoms with Crippen LogP contribution in [-0.2, 0) is 19.5 Å². The van der Waals surface area contributed by atoms with Gasteiger partial charge in [-0.2, -0.15) is 0 Å². The molecule has 158 valence electrons. The van der Waals surface area contributed by atoms with Crippen LogP contribution in [0.1, 0.15) is 27.9 Å². The van der Waals surface area contributed by atoms with Crippen LogP contribution >= 0.6 is 11.6 Å². The lowest BCUT2D eigenvalue weighted by Crippen LogP contribution is -2.31. The van der Waals surface area contributed by atoms with Crippen molar-refractivity contribution in [1.82, 2.24) is 9.55 Å². The second-order valence-electron chi connectivity index (χ2n) is 8.25. The standard InChI is InChI=1S/C26H26ClN3O/c1-17-18(2)30(15-19-7-6-10-22(13-19)31-3)25-23(17)14-24(27)28-26(25)29-12-11-20-8-4-5-9-21(20)16-29/h4-10,13-14H,11-12,15-16H2,1-3H3. The van der Waals surface area contributed by atoms with Gasteiger partial charge in [0.25, 0.3) is 0 Å². The number of benzene rings is 2. The zero-order chi connectivity index (χ0) is 21.5. The fourth-order valence-electron chi connectivity index (χ4n) is 4.66. The molecule has 2 aromatic carbocycles. The molecular weight excluding hydrogens is 406 g/mol. The van der Waals surface area contributed by atoms with Crippen LogP contribution in [0.4, 0.5) is 5.82 Å². The summed E-state index contributed by atoms with van der Waals surface area (Å²) in [7, 11) is 1.71. The molecule has 5 rings (SSSR count). The summed E-state index contributed by atoms with van der Waals surface area (Å²) in [6, 6.07) is 18.9. The minimum atomic E-state index is 0.544. The van der Waals surface area contributed by atoms with Crippen LogP contribution in [0.3, 0.4) is 0 Å². The summed E-state index contributed by atoms with van der Waals surface area (Å²) < 4.78 is 7.81. The smallest absolute Gasteiger partial charge is 0.155 e. The highest BCUT2D eigenvalue weighted by Gasteiger charge is 2.24. The van der Waals surface area contributed by atoms with E-state index in [1.54, 1.807) is 7.11 Å². The number of aromatic nitrogens is 2. The van der Waals surface area contributed by atoms with E-state index in [4.69, 9.17) is 21.3 Å². The highest BCUT2D eigenvalue weighted by molar-refractivity contribution is 6.30. The molecule has 2 aromatic heterocycles. The van der Waals surface area contributed by atoms with E-state index in [2.05, 4.69) is 59.7 Å². The van der Waals surface area contributed by atoms with Crippen LogP contribution in [0.2, 0.25) is 5.15 Å². The number of hydrogen-bond acceptors (Lipinski definition) is 3. The number of halogens is 1. The van der Waals surface area contributed by atoms with Crippen molar-refractivity contribution >= 4 is 28.3 Å². The Morgan fingerprint density at radius 1 is 1.03 bits per heavy atom. The fourth-order valence-corrected chi connectivity index (χ4v) is 4.85. The van der Waals surface area contributed by atoms with E-state index in [0.29, 0.717) is 5.15 Å². The van der Waals surface area contributed by atoms with Crippen molar-refractivity contribution in [2.75, 3.05) is 18.6 Å². The molecule has 1 aliphatic rings. The Labute approximate surface area is 188 Å². The Balaban J connectivity index is 1.64. The first-order valence-corrected chi connectivity index (χ1v) is 11.0. The average Bonchev–Trinajstić information content (AvgIpc) is 3.03. The van der Waals surface area contributed by atoms with Gasteiger partial charge in [0.05, 0.1) is 12.6 Å². The predicted octanol–water partition coefficient (Wildman–Crippen LogP) is 5.93. The summed E-state index contributed by atoms with van der Waals surface area (Å²) in [5.41, 5.74) is 7.63. The van der Waals surface area contributed by atoms with Crippen molar-refractivity contribution in [1.29, 1.82) is 0 Å². The maximum absolute atomic E-state index is 6.51. The quantitative estimate of drug-likeness (QED) is 0.375. The monoisotopic (exact) mass is 431 g/mol.